The predicted molar refractivity (Wildman–Crippen MR) is 249 cm³/mol. The zero-order chi connectivity index (χ0) is 39.2. The fraction of sp³-hybridized carbons (Fsp3) is 0.0877. The molecule has 0 fully saturated rings. The van der Waals surface area contributed by atoms with Crippen molar-refractivity contribution in [3.63, 3.8) is 0 Å². The molecule has 0 N–H and O–H groups in total. The molecule has 10 aromatic rings. The van der Waals surface area contributed by atoms with E-state index < -0.39 is 0 Å². The molecule has 59 heavy (non-hydrogen) atoms. The molecule has 0 radical (unpaired) electrons. The normalized spacial score (nSPS) is 18.3. The summed E-state index contributed by atoms with van der Waals surface area (Å²) in [7, 11) is 0. The molecule has 2 heterocycles. The number of para-hydroxylation sites is 1. The summed E-state index contributed by atoms with van der Waals surface area (Å²) in [5.41, 5.74) is 17.6. The van der Waals surface area contributed by atoms with Gasteiger partial charge in [-0.3, -0.25) is 0 Å². The van der Waals surface area contributed by atoms with Crippen LogP contribution in [-0.4, -0.2) is 9.13 Å². The van der Waals surface area contributed by atoms with Crippen molar-refractivity contribution in [2.75, 3.05) is 0 Å². The second-order valence-electron chi connectivity index (χ2n) is 16.8. The molecule has 0 aliphatic heterocycles. The van der Waals surface area contributed by atoms with E-state index in [-0.39, 0.29) is 5.41 Å². The Bertz CT molecular complexity index is 3360. The number of nitrogens with zero attached hydrogens (tertiary/aromatic N) is 2. The third-order valence-electron chi connectivity index (χ3n) is 13.7. The quantitative estimate of drug-likeness (QED) is 0.166. The summed E-state index contributed by atoms with van der Waals surface area (Å²) in [6.07, 6.45) is 9.40. The summed E-state index contributed by atoms with van der Waals surface area (Å²) in [5.74, 6) is 0.714. The zero-order valence-electron chi connectivity index (χ0n) is 33.2. The molecule has 280 valence electrons. The highest BCUT2D eigenvalue weighted by Crippen LogP contribution is 2.60. The van der Waals surface area contributed by atoms with E-state index in [1.54, 1.807) is 0 Å². The Labute approximate surface area is 344 Å². The van der Waals surface area contributed by atoms with Crippen molar-refractivity contribution in [2.24, 2.45) is 5.41 Å². The van der Waals surface area contributed by atoms with E-state index in [0.29, 0.717) is 11.8 Å². The average Bonchev–Trinajstić information content (AvgIpc) is 3.89. The monoisotopic (exact) mass is 754 g/mol. The first-order chi connectivity index (χ1) is 29.0. The van der Waals surface area contributed by atoms with Gasteiger partial charge in [-0.1, -0.05) is 159 Å². The van der Waals surface area contributed by atoms with Gasteiger partial charge in [0.15, 0.2) is 0 Å². The van der Waals surface area contributed by atoms with Crippen molar-refractivity contribution in [1.82, 2.24) is 9.13 Å². The SMILES string of the molecule is C[C@@H]1c2ccc3c(c2C2C=CC=CC21C)c1cc(-c2ccc4c(c2)c2ccccc2n4-c2cccc(-c4ccccc4)c2)ccc1n3-c1cccc(-c2ccccc2)c1. The number of benzene rings is 8. The van der Waals surface area contributed by atoms with Gasteiger partial charge in [-0.2, -0.15) is 0 Å². The Kier molecular flexibility index (Phi) is 7.43. The highest BCUT2D eigenvalue weighted by molar-refractivity contribution is 6.14. The van der Waals surface area contributed by atoms with Crippen molar-refractivity contribution < 1.29 is 0 Å². The molecule has 2 aliphatic rings. The third kappa shape index (κ3) is 5.06. The molecule has 0 spiro atoms. The van der Waals surface area contributed by atoms with Crippen LogP contribution in [0.1, 0.15) is 36.8 Å². The van der Waals surface area contributed by atoms with Crippen LogP contribution >= 0.6 is 0 Å². The molecule has 12 rings (SSSR count). The molecule has 2 heteroatoms. The maximum Gasteiger partial charge on any atom is 0.0544 e. The second-order valence-corrected chi connectivity index (χ2v) is 16.8. The minimum atomic E-state index is 0.0322. The molecule has 0 bridgehead atoms. The summed E-state index contributed by atoms with van der Waals surface area (Å²) in [6, 6.07) is 67.2. The van der Waals surface area contributed by atoms with E-state index >= 15 is 0 Å². The van der Waals surface area contributed by atoms with Gasteiger partial charge < -0.3 is 9.13 Å². The Morgan fingerprint density at radius 3 is 1.63 bits per heavy atom. The van der Waals surface area contributed by atoms with Gasteiger partial charge >= 0.3 is 0 Å². The molecule has 0 saturated carbocycles. The molecule has 2 aliphatic carbocycles. The Morgan fingerprint density at radius 2 is 0.949 bits per heavy atom. The number of aromatic nitrogens is 2. The number of hydrogen-bond acceptors (Lipinski definition) is 0. The fourth-order valence-corrected chi connectivity index (χ4v) is 10.6. The van der Waals surface area contributed by atoms with Crippen LogP contribution in [0.3, 0.4) is 0 Å². The lowest BCUT2D eigenvalue weighted by Crippen LogP contribution is -2.22. The number of rotatable bonds is 5. The molecule has 8 aromatic carbocycles. The van der Waals surface area contributed by atoms with Crippen molar-refractivity contribution in [1.29, 1.82) is 0 Å². The van der Waals surface area contributed by atoms with Crippen LogP contribution in [0.4, 0.5) is 0 Å². The van der Waals surface area contributed by atoms with E-state index in [2.05, 4.69) is 229 Å². The van der Waals surface area contributed by atoms with Gasteiger partial charge in [0.1, 0.15) is 0 Å². The molecule has 0 saturated heterocycles. The summed E-state index contributed by atoms with van der Waals surface area (Å²) in [4.78, 5) is 0. The number of allylic oxidation sites excluding steroid dienone is 4. The molecule has 2 nitrogen and oxygen atoms in total. The first kappa shape index (κ1) is 33.9. The van der Waals surface area contributed by atoms with Crippen molar-refractivity contribution in [3.05, 3.63) is 217 Å². The summed E-state index contributed by atoms with van der Waals surface area (Å²) in [6.45, 7) is 4.87. The minimum Gasteiger partial charge on any atom is -0.309 e. The van der Waals surface area contributed by atoms with Gasteiger partial charge in [0.2, 0.25) is 0 Å². The van der Waals surface area contributed by atoms with Crippen LogP contribution in [0.5, 0.6) is 0 Å². The summed E-state index contributed by atoms with van der Waals surface area (Å²) < 4.78 is 4.93. The Balaban J connectivity index is 1.07. The maximum absolute atomic E-state index is 2.50. The Morgan fingerprint density at radius 1 is 0.424 bits per heavy atom. The van der Waals surface area contributed by atoms with Crippen LogP contribution in [0.15, 0.2) is 206 Å². The lowest BCUT2D eigenvalue weighted by atomic mass is 9.70. The van der Waals surface area contributed by atoms with Gasteiger partial charge in [-0.25, -0.2) is 0 Å². The smallest absolute Gasteiger partial charge is 0.0544 e. The lowest BCUT2D eigenvalue weighted by Gasteiger charge is -2.33. The van der Waals surface area contributed by atoms with Crippen molar-refractivity contribution in [3.8, 4) is 44.8 Å². The maximum atomic E-state index is 2.50. The van der Waals surface area contributed by atoms with Crippen LogP contribution in [0.2, 0.25) is 0 Å². The summed E-state index contributed by atoms with van der Waals surface area (Å²) in [5, 5.41) is 5.20. The van der Waals surface area contributed by atoms with Gasteiger partial charge in [0.05, 0.1) is 22.1 Å². The second kappa shape index (κ2) is 12.9. The van der Waals surface area contributed by atoms with E-state index in [1.165, 1.54) is 93.8 Å². The number of fused-ring (bicyclic) bond motifs is 10. The van der Waals surface area contributed by atoms with E-state index in [4.69, 9.17) is 0 Å². The number of hydrogen-bond donors (Lipinski definition) is 0. The fourth-order valence-electron chi connectivity index (χ4n) is 10.6. The molecular formula is C57H42N2. The highest BCUT2D eigenvalue weighted by Gasteiger charge is 2.47. The molecule has 0 amide bonds. The van der Waals surface area contributed by atoms with E-state index in [1.807, 2.05) is 0 Å². The van der Waals surface area contributed by atoms with Gasteiger partial charge in [-0.15, -0.1) is 0 Å². The average molecular weight is 755 g/mol. The first-order valence-electron chi connectivity index (χ1n) is 20.9. The third-order valence-corrected chi connectivity index (χ3v) is 13.7. The van der Waals surface area contributed by atoms with Crippen LogP contribution in [0, 0.1) is 5.41 Å². The lowest BCUT2D eigenvalue weighted by molar-refractivity contribution is 0.350. The zero-order valence-corrected chi connectivity index (χ0v) is 33.2. The predicted octanol–water partition coefficient (Wildman–Crippen LogP) is 15.2. The van der Waals surface area contributed by atoms with E-state index in [0.717, 1.165) is 5.69 Å². The van der Waals surface area contributed by atoms with Gasteiger partial charge in [-0.05, 0) is 111 Å². The van der Waals surface area contributed by atoms with Crippen molar-refractivity contribution >= 4 is 43.6 Å². The van der Waals surface area contributed by atoms with Gasteiger partial charge in [0.25, 0.3) is 0 Å². The molecule has 2 unspecified atom stereocenters. The van der Waals surface area contributed by atoms with Crippen LogP contribution in [-0.2, 0) is 0 Å². The van der Waals surface area contributed by atoms with Crippen molar-refractivity contribution in [2.45, 2.75) is 25.7 Å². The molecule has 3 atom stereocenters. The van der Waals surface area contributed by atoms with E-state index in [9.17, 15) is 0 Å². The Hall–Kier alpha value is -7.16. The first-order valence-corrected chi connectivity index (χ1v) is 20.9. The largest absolute Gasteiger partial charge is 0.309 e. The summed E-state index contributed by atoms with van der Waals surface area (Å²) >= 11 is 0. The minimum absolute atomic E-state index is 0.0322. The molecule has 2 aromatic heterocycles. The highest BCUT2D eigenvalue weighted by atomic mass is 15.0. The molecular weight excluding hydrogens is 713 g/mol. The topological polar surface area (TPSA) is 9.86 Å². The standard InChI is InChI=1S/C57H42N2/c1-37-46-28-31-54-56(55(46)50-24-11-12-32-57(37,50)2)49-36-43(27-30-53(49)59(54)45-22-14-20-41(34-45)39-17-7-4-8-18-39)42-26-29-52-48(35-42)47-23-9-10-25-51(47)58(52)44-21-13-19-40(33-44)38-15-5-3-6-16-38/h3-37,50H,1-2H3/t37-,50?,57?/m1/s1. The van der Waals surface area contributed by atoms with Crippen LogP contribution in [0.25, 0.3) is 88.4 Å². The van der Waals surface area contributed by atoms with Crippen LogP contribution < -0.4 is 0 Å². The van der Waals surface area contributed by atoms with Gasteiger partial charge in [0, 0.05) is 44.3 Å².